The number of ether oxygens (including phenoxy) is 1. The number of phosphoric acid groups is 1. The van der Waals surface area contributed by atoms with Crippen molar-refractivity contribution in [2.45, 2.75) is 335 Å². The molecule has 0 bridgehead atoms. The van der Waals surface area contributed by atoms with Crippen molar-refractivity contribution in [3.8, 4) is 0 Å². The van der Waals surface area contributed by atoms with Crippen LogP contribution in [0.2, 0.25) is 0 Å². The fourth-order valence-electron chi connectivity index (χ4n) is 9.99. The van der Waals surface area contributed by atoms with E-state index in [0.29, 0.717) is 17.4 Å². The number of nitrogens with zero attached hydrogens (tertiary/aromatic N) is 1. The molecule has 1 amide bonds. The SMILES string of the molecule is CC/C=C/C/C=C/C/C=C/C/C=C/CCCCCC(=O)NC(COP(=O)([O-])OCC[N+](C)(C)C)C(/C=C\CCCCCCCCCCCCC)OC(=O)CCCCCCCCCCCCCCCCCCCCCCCCCCC. The molecular weight excluding hydrogens is 1010 g/mol. The number of carbonyl (C=O) groups excluding carboxylic acids is 2. The predicted molar refractivity (Wildman–Crippen MR) is 344 cm³/mol. The maximum absolute atomic E-state index is 13.5. The minimum Gasteiger partial charge on any atom is -0.756 e. The lowest BCUT2D eigenvalue weighted by atomic mass is 10.0. The number of hydrogen-bond donors (Lipinski definition) is 1. The van der Waals surface area contributed by atoms with Gasteiger partial charge in [0.05, 0.1) is 33.8 Å². The lowest BCUT2D eigenvalue weighted by Gasteiger charge is -2.30. The van der Waals surface area contributed by atoms with Crippen LogP contribution in [-0.2, 0) is 27.9 Å². The number of amides is 1. The summed E-state index contributed by atoms with van der Waals surface area (Å²) in [5.41, 5.74) is 0. The molecule has 0 aliphatic heterocycles. The standard InChI is InChI=1S/C70H131N2O7P/c1-7-10-13-16-19-22-25-28-30-32-33-34-35-36-37-38-39-40-42-45-48-51-54-57-60-63-70(74)79-68(61-58-55-52-49-46-43-27-24-21-18-15-12-9-3)67(66-78-80(75,76)77-65-64-72(4,5)6)71-69(73)62-59-56-53-50-47-44-41-31-29-26-23-20-17-14-11-8-2/h11,14,20,23,29,31,44,47,58,61,67-68H,7-10,12-13,15-19,21-22,24-28,30,32-43,45-46,48-57,59-60,62-66H2,1-6H3,(H-,71,73,75,76)/b14-11+,23-20+,31-29+,47-44+,61-58-. The maximum Gasteiger partial charge on any atom is 0.306 e. The molecule has 9 nitrogen and oxygen atoms in total. The number of esters is 1. The van der Waals surface area contributed by atoms with Gasteiger partial charge >= 0.3 is 5.97 Å². The van der Waals surface area contributed by atoms with E-state index < -0.39 is 26.6 Å². The van der Waals surface area contributed by atoms with Crippen molar-refractivity contribution in [2.75, 3.05) is 40.9 Å². The van der Waals surface area contributed by atoms with Crippen LogP contribution in [0.3, 0.4) is 0 Å². The van der Waals surface area contributed by atoms with Gasteiger partial charge in [0.1, 0.15) is 19.3 Å². The molecule has 0 radical (unpaired) electrons. The van der Waals surface area contributed by atoms with Gasteiger partial charge in [0.15, 0.2) is 0 Å². The van der Waals surface area contributed by atoms with Crippen LogP contribution in [0.1, 0.15) is 323 Å². The molecule has 10 heteroatoms. The smallest absolute Gasteiger partial charge is 0.306 e. The van der Waals surface area contributed by atoms with Crippen LogP contribution in [-0.4, -0.2) is 69.4 Å². The maximum atomic E-state index is 13.5. The Labute approximate surface area is 496 Å². The van der Waals surface area contributed by atoms with E-state index in [-0.39, 0.29) is 31.3 Å². The summed E-state index contributed by atoms with van der Waals surface area (Å²) in [7, 11) is 1.17. The van der Waals surface area contributed by atoms with Crippen molar-refractivity contribution < 1.29 is 37.3 Å². The number of hydrogen-bond acceptors (Lipinski definition) is 7. The summed E-state index contributed by atoms with van der Waals surface area (Å²) >= 11 is 0. The van der Waals surface area contributed by atoms with Gasteiger partial charge in [-0.25, -0.2) is 0 Å². The number of unbranched alkanes of at least 4 members (excludes halogenated alkanes) is 38. The lowest BCUT2D eigenvalue weighted by Crippen LogP contribution is -2.47. The Bertz CT molecular complexity index is 1550. The Kier molecular flexibility index (Phi) is 58.1. The molecule has 0 saturated heterocycles. The van der Waals surface area contributed by atoms with Crippen LogP contribution in [0.15, 0.2) is 60.8 Å². The molecule has 1 N–H and O–H groups in total. The Morgan fingerprint density at radius 1 is 0.450 bits per heavy atom. The number of nitrogens with one attached hydrogen (secondary N) is 1. The first-order chi connectivity index (χ1) is 38.9. The number of phosphoric ester groups is 1. The van der Waals surface area contributed by atoms with Gasteiger partial charge in [0, 0.05) is 12.8 Å². The van der Waals surface area contributed by atoms with E-state index in [1.54, 1.807) is 0 Å². The Morgan fingerprint density at radius 3 is 1.21 bits per heavy atom. The van der Waals surface area contributed by atoms with Crippen molar-refractivity contribution in [3.05, 3.63) is 60.8 Å². The van der Waals surface area contributed by atoms with Gasteiger partial charge in [-0.3, -0.25) is 14.2 Å². The zero-order valence-electron chi connectivity index (χ0n) is 53.5. The van der Waals surface area contributed by atoms with E-state index in [2.05, 4.69) is 74.7 Å². The van der Waals surface area contributed by atoms with E-state index in [1.165, 1.54) is 199 Å². The van der Waals surface area contributed by atoms with Crippen molar-refractivity contribution in [3.63, 3.8) is 0 Å². The van der Waals surface area contributed by atoms with Crippen molar-refractivity contribution in [1.29, 1.82) is 0 Å². The molecule has 0 aliphatic carbocycles. The normalized spacial score (nSPS) is 13.9. The Morgan fingerprint density at radius 2 is 0.800 bits per heavy atom. The quantitative estimate of drug-likeness (QED) is 0.0212. The van der Waals surface area contributed by atoms with E-state index in [4.69, 9.17) is 13.8 Å². The highest BCUT2D eigenvalue weighted by Crippen LogP contribution is 2.38. The summed E-state index contributed by atoms with van der Waals surface area (Å²) in [5, 5.41) is 3.02. The van der Waals surface area contributed by atoms with Gasteiger partial charge in [-0.05, 0) is 70.3 Å². The minimum absolute atomic E-state index is 0.0287. The lowest BCUT2D eigenvalue weighted by molar-refractivity contribution is -0.870. The van der Waals surface area contributed by atoms with Crippen molar-refractivity contribution in [2.24, 2.45) is 0 Å². The molecule has 0 aliphatic rings. The first-order valence-electron chi connectivity index (χ1n) is 34.1. The monoisotopic (exact) mass is 1140 g/mol. The molecule has 0 aromatic carbocycles. The highest BCUT2D eigenvalue weighted by Gasteiger charge is 2.27. The topological polar surface area (TPSA) is 114 Å². The van der Waals surface area contributed by atoms with Gasteiger partial charge in [-0.15, -0.1) is 0 Å². The average molecular weight is 1140 g/mol. The fraction of sp³-hybridized carbons (Fsp3) is 0.829. The molecule has 0 aromatic rings. The molecule has 0 saturated carbocycles. The molecule has 0 fully saturated rings. The van der Waals surface area contributed by atoms with E-state index in [9.17, 15) is 19.0 Å². The summed E-state index contributed by atoms with van der Waals surface area (Å²) in [4.78, 5) is 40.1. The van der Waals surface area contributed by atoms with Crippen molar-refractivity contribution in [1.82, 2.24) is 5.32 Å². The Balaban J connectivity index is 5.11. The first-order valence-corrected chi connectivity index (χ1v) is 35.6. The van der Waals surface area contributed by atoms with Gasteiger partial charge < -0.3 is 28.5 Å². The molecule has 0 aromatic heterocycles. The first kappa shape index (κ1) is 77.7. The summed E-state index contributed by atoms with van der Waals surface area (Å²) in [6.45, 7) is 6.74. The molecule has 3 unspecified atom stereocenters. The molecule has 80 heavy (non-hydrogen) atoms. The second kappa shape index (κ2) is 59.9. The van der Waals surface area contributed by atoms with Gasteiger partial charge in [0.25, 0.3) is 7.82 Å². The molecule has 0 rings (SSSR count). The minimum atomic E-state index is -4.71. The van der Waals surface area contributed by atoms with Crippen LogP contribution in [0.5, 0.6) is 0 Å². The van der Waals surface area contributed by atoms with Gasteiger partial charge in [-0.2, -0.15) is 0 Å². The van der Waals surface area contributed by atoms with Gasteiger partial charge in [0.2, 0.25) is 5.91 Å². The zero-order valence-corrected chi connectivity index (χ0v) is 54.4. The second-order valence-corrected chi connectivity index (χ2v) is 25.7. The third kappa shape index (κ3) is 60.3. The number of carbonyl (C=O) groups is 2. The number of allylic oxidation sites excluding steroid dienone is 9. The predicted octanol–water partition coefficient (Wildman–Crippen LogP) is 20.8. The zero-order chi connectivity index (χ0) is 58.6. The number of likely N-dealkylation sites (N-methyl/N-ethyl adjacent to an activating group) is 1. The van der Waals surface area contributed by atoms with E-state index >= 15 is 0 Å². The largest absolute Gasteiger partial charge is 0.756 e. The van der Waals surface area contributed by atoms with E-state index in [1.807, 2.05) is 33.3 Å². The van der Waals surface area contributed by atoms with Gasteiger partial charge in [-0.1, -0.05) is 300 Å². The number of quaternary nitrogens is 1. The summed E-state index contributed by atoms with van der Waals surface area (Å²) in [6.07, 6.45) is 76.4. The van der Waals surface area contributed by atoms with Crippen LogP contribution >= 0.6 is 7.82 Å². The summed E-state index contributed by atoms with van der Waals surface area (Å²) in [6, 6.07) is -0.905. The fourth-order valence-corrected chi connectivity index (χ4v) is 10.7. The molecule has 0 heterocycles. The third-order valence-electron chi connectivity index (χ3n) is 15.2. The molecular formula is C70H131N2O7P. The van der Waals surface area contributed by atoms with Crippen molar-refractivity contribution >= 4 is 19.7 Å². The molecule has 3 atom stereocenters. The van der Waals surface area contributed by atoms with Crippen LogP contribution in [0, 0.1) is 0 Å². The summed E-state index contributed by atoms with van der Waals surface area (Å²) in [5.74, 6) is -0.565. The highest BCUT2D eigenvalue weighted by atomic mass is 31.2. The number of rotatable bonds is 62. The van der Waals surface area contributed by atoms with Crippen LogP contribution in [0.4, 0.5) is 0 Å². The van der Waals surface area contributed by atoms with E-state index in [0.717, 1.165) is 83.5 Å². The average Bonchev–Trinajstić information content (AvgIpc) is 3.42. The molecule has 0 spiro atoms. The second-order valence-electron chi connectivity index (χ2n) is 24.3. The van der Waals surface area contributed by atoms with Crippen LogP contribution < -0.4 is 10.2 Å². The Hall–Kier alpha value is -2.29. The highest BCUT2D eigenvalue weighted by molar-refractivity contribution is 7.45. The third-order valence-corrected chi connectivity index (χ3v) is 16.2. The summed E-state index contributed by atoms with van der Waals surface area (Å²) < 4.78 is 30.4. The molecule has 468 valence electrons. The van der Waals surface area contributed by atoms with Crippen LogP contribution in [0.25, 0.3) is 0 Å².